The highest BCUT2D eigenvalue weighted by Gasteiger charge is 2.15. The minimum absolute atomic E-state index is 0.357. The van der Waals surface area contributed by atoms with Crippen molar-refractivity contribution in [3.63, 3.8) is 0 Å². The van der Waals surface area contributed by atoms with E-state index in [4.69, 9.17) is 10.8 Å². The summed E-state index contributed by atoms with van der Waals surface area (Å²) in [6.45, 7) is 6.04. The van der Waals surface area contributed by atoms with Crippen LogP contribution in [0.15, 0.2) is 24.4 Å². The van der Waals surface area contributed by atoms with Gasteiger partial charge in [-0.05, 0) is 24.1 Å². The molecule has 0 saturated heterocycles. The Balaban J connectivity index is 0.000000861. The van der Waals surface area contributed by atoms with Crippen molar-refractivity contribution in [2.45, 2.75) is 33.2 Å². The molecule has 0 bridgehead atoms. The molecule has 0 saturated carbocycles. The molecule has 3 N–H and O–H groups in total. The first-order valence-electron chi connectivity index (χ1n) is 6.52. The predicted molar refractivity (Wildman–Crippen MR) is 78.3 cm³/mol. The van der Waals surface area contributed by atoms with E-state index < -0.39 is 12.0 Å². The third-order valence-corrected chi connectivity index (χ3v) is 2.99. The molecular formula is C15H22N2O2. The second-order valence-electron chi connectivity index (χ2n) is 4.43. The first-order chi connectivity index (χ1) is 8.99. The van der Waals surface area contributed by atoms with Crippen molar-refractivity contribution in [1.29, 1.82) is 0 Å². The van der Waals surface area contributed by atoms with Crippen molar-refractivity contribution >= 4 is 16.9 Å². The van der Waals surface area contributed by atoms with Gasteiger partial charge in [0.2, 0.25) is 0 Å². The number of carbonyl (C=O) groups is 1. The minimum atomic E-state index is -0.964. The summed E-state index contributed by atoms with van der Waals surface area (Å²) in [5.41, 5.74) is 8.85. The average Bonchev–Trinajstić information content (AvgIpc) is 2.68. The summed E-state index contributed by atoms with van der Waals surface area (Å²) in [6, 6.07) is 5.29. The molecule has 1 heterocycles. The highest BCUT2D eigenvalue weighted by molar-refractivity contribution is 5.85. The number of aryl methyl sites for hydroxylation is 2. The van der Waals surface area contributed by atoms with Crippen LogP contribution in [0.4, 0.5) is 0 Å². The summed E-state index contributed by atoms with van der Waals surface area (Å²) in [5, 5.41) is 9.91. The molecule has 4 nitrogen and oxygen atoms in total. The molecule has 0 fully saturated rings. The Kier molecular flexibility index (Phi) is 5.12. The average molecular weight is 262 g/mol. The Hall–Kier alpha value is -1.81. The number of hydrogen-bond donors (Lipinski definition) is 2. The molecule has 0 radical (unpaired) electrons. The number of carboxylic acid groups (broad SMARTS) is 1. The Labute approximate surface area is 113 Å². The monoisotopic (exact) mass is 262 g/mol. The first-order valence-corrected chi connectivity index (χ1v) is 6.52. The standard InChI is InChI=1S/C13H16N2O2.C2H6/c1-8-3-4-10-9(6-11(14)13(16)17)7-15(2)12(10)5-8;1-2/h3-5,7,11H,6,14H2,1-2H3,(H,16,17);1-2H3. The van der Waals surface area contributed by atoms with E-state index in [1.165, 1.54) is 5.56 Å². The summed E-state index contributed by atoms with van der Waals surface area (Å²) in [6.07, 6.45) is 2.31. The van der Waals surface area contributed by atoms with Crippen molar-refractivity contribution in [2.24, 2.45) is 12.8 Å². The smallest absolute Gasteiger partial charge is 0.320 e. The third kappa shape index (κ3) is 3.35. The maximum atomic E-state index is 10.8. The molecule has 1 atom stereocenters. The van der Waals surface area contributed by atoms with Gasteiger partial charge < -0.3 is 15.4 Å². The van der Waals surface area contributed by atoms with E-state index in [2.05, 4.69) is 6.07 Å². The van der Waals surface area contributed by atoms with Gasteiger partial charge in [-0.3, -0.25) is 4.79 Å². The van der Waals surface area contributed by atoms with Crippen molar-refractivity contribution in [1.82, 2.24) is 4.57 Å². The molecule has 1 unspecified atom stereocenters. The molecule has 2 rings (SSSR count). The lowest BCUT2D eigenvalue weighted by atomic mass is 10.0. The molecule has 0 amide bonds. The van der Waals surface area contributed by atoms with Gasteiger partial charge in [-0.2, -0.15) is 0 Å². The van der Waals surface area contributed by atoms with Crippen molar-refractivity contribution < 1.29 is 9.90 Å². The molecule has 0 spiro atoms. The van der Waals surface area contributed by atoms with Crippen LogP contribution in [-0.4, -0.2) is 21.7 Å². The lowest BCUT2D eigenvalue weighted by Gasteiger charge is -2.04. The maximum absolute atomic E-state index is 10.8. The predicted octanol–water partition coefficient (Wildman–Crippen LogP) is 2.47. The summed E-state index contributed by atoms with van der Waals surface area (Å²) in [4.78, 5) is 10.8. The van der Waals surface area contributed by atoms with Gasteiger partial charge in [-0.25, -0.2) is 0 Å². The molecule has 0 aliphatic heterocycles. The SMILES string of the molecule is CC.Cc1ccc2c(CC(N)C(=O)O)cn(C)c2c1. The van der Waals surface area contributed by atoms with Gasteiger partial charge in [-0.1, -0.05) is 26.0 Å². The van der Waals surface area contributed by atoms with Gasteiger partial charge in [-0.15, -0.1) is 0 Å². The number of nitrogens with two attached hydrogens (primary N) is 1. The van der Waals surface area contributed by atoms with Gasteiger partial charge >= 0.3 is 5.97 Å². The Morgan fingerprint density at radius 2 is 2.05 bits per heavy atom. The normalized spacial score (nSPS) is 11.8. The first kappa shape index (κ1) is 15.2. The molecule has 2 aromatic rings. The van der Waals surface area contributed by atoms with Gasteiger partial charge in [0.25, 0.3) is 0 Å². The molecule has 0 aliphatic rings. The fourth-order valence-electron chi connectivity index (χ4n) is 2.06. The van der Waals surface area contributed by atoms with E-state index in [0.717, 1.165) is 16.5 Å². The highest BCUT2D eigenvalue weighted by atomic mass is 16.4. The Bertz CT molecular complexity index is 573. The van der Waals surface area contributed by atoms with E-state index in [-0.39, 0.29) is 0 Å². The topological polar surface area (TPSA) is 68.2 Å². The number of fused-ring (bicyclic) bond motifs is 1. The number of aromatic nitrogens is 1. The summed E-state index contributed by atoms with van der Waals surface area (Å²) in [5.74, 6) is -0.964. The van der Waals surface area contributed by atoms with Crippen LogP contribution in [0.3, 0.4) is 0 Å². The quantitative estimate of drug-likeness (QED) is 0.892. The largest absolute Gasteiger partial charge is 0.480 e. The molecule has 104 valence electrons. The van der Waals surface area contributed by atoms with Gasteiger partial charge in [0.15, 0.2) is 0 Å². The van der Waals surface area contributed by atoms with Crippen LogP contribution in [-0.2, 0) is 18.3 Å². The number of rotatable bonds is 3. The number of nitrogens with zero attached hydrogens (tertiary/aromatic N) is 1. The Morgan fingerprint density at radius 3 is 2.63 bits per heavy atom. The van der Waals surface area contributed by atoms with E-state index in [1.807, 2.05) is 50.7 Å². The van der Waals surface area contributed by atoms with Crippen LogP contribution in [0.2, 0.25) is 0 Å². The fourth-order valence-corrected chi connectivity index (χ4v) is 2.06. The van der Waals surface area contributed by atoms with Gasteiger partial charge in [0, 0.05) is 30.6 Å². The second kappa shape index (κ2) is 6.38. The number of aliphatic carboxylic acids is 1. The van der Waals surface area contributed by atoms with Gasteiger partial charge in [0.1, 0.15) is 6.04 Å². The second-order valence-corrected chi connectivity index (χ2v) is 4.43. The highest BCUT2D eigenvalue weighted by Crippen LogP contribution is 2.22. The molecule has 1 aromatic carbocycles. The third-order valence-electron chi connectivity index (χ3n) is 2.99. The van der Waals surface area contributed by atoms with Crippen LogP contribution in [0.25, 0.3) is 10.9 Å². The van der Waals surface area contributed by atoms with E-state index in [0.29, 0.717) is 6.42 Å². The fraction of sp³-hybridized carbons (Fsp3) is 0.400. The van der Waals surface area contributed by atoms with Crippen molar-refractivity contribution in [3.05, 3.63) is 35.5 Å². The Morgan fingerprint density at radius 1 is 1.42 bits per heavy atom. The van der Waals surface area contributed by atoms with Crippen LogP contribution < -0.4 is 5.73 Å². The zero-order valence-corrected chi connectivity index (χ0v) is 12.0. The lowest BCUT2D eigenvalue weighted by Crippen LogP contribution is -2.32. The zero-order valence-electron chi connectivity index (χ0n) is 12.0. The molecule has 1 aromatic heterocycles. The van der Waals surface area contributed by atoms with Crippen molar-refractivity contribution in [2.75, 3.05) is 0 Å². The molecule has 19 heavy (non-hydrogen) atoms. The number of carboxylic acids is 1. The van der Waals surface area contributed by atoms with Crippen LogP contribution in [0, 0.1) is 6.92 Å². The lowest BCUT2D eigenvalue weighted by molar-refractivity contribution is -0.138. The summed E-state index contributed by atoms with van der Waals surface area (Å²) >= 11 is 0. The summed E-state index contributed by atoms with van der Waals surface area (Å²) < 4.78 is 2.01. The minimum Gasteiger partial charge on any atom is -0.480 e. The maximum Gasteiger partial charge on any atom is 0.320 e. The zero-order chi connectivity index (χ0) is 14.6. The molecule has 4 heteroatoms. The number of benzene rings is 1. The van der Waals surface area contributed by atoms with Crippen LogP contribution in [0.1, 0.15) is 25.0 Å². The van der Waals surface area contributed by atoms with E-state index in [1.54, 1.807) is 0 Å². The van der Waals surface area contributed by atoms with Crippen LogP contribution in [0.5, 0.6) is 0 Å². The molecular weight excluding hydrogens is 240 g/mol. The number of hydrogen-bond acceptors (Lipinski definition) is 2. The summed E-state index contributed by atoms with van der Waals surface area (Å²) in [7, 11) is 1.96. The van der Waals surface area contributed by atoms with Crippen LogP contribution >= 0.6 is 0 Å². The van der Waals surface area contributed by atoms with Crippen molar-refractivity contribution in [3.8, 4) is 0 Å². The van der Waals surface area contributed by atoms with E-state index >= 15 is 0 Å². The molecule has 0 aliphatic carbocycles. The van der Waals surface area contributed by atoms with Gasteiger partial charge in [0.05, 0.1) is 0 Å². The van der Waals surface area contributed by atoms with E-state index in [9.17, 15) is 4.79 Å².